The number of fused-ring (bicyclic) bond motifs is 1. The van der Waals surface area contributed by atoms with Gasteiger partial charge in [0, 0.05) is 0 Å². The minimum absolute atomic E-state index is 0.208. The van der Waals surface area contributed by atoms with Crippen LogP contribution in [0.15, 0.2) is 29.5 Å². The van der Waals surface area contributed by atoms with E-state index in [-0.39, 0.29) is 5.43 Å². The topological polar surface area (TPSA) is 81.1 Å². The first-order chi connectivity index (χ1) is 6.18. The highest BCUT2D eigenvalue weighted by Gasteiger charge is 2.10. The number of anilines is 1. The zero-order valence-electron chi connectivity index (χ0n) is 6.64. The summed E-state index contributed by atoms with van der Waals surface area (Å²) >= 11 is 0. The van der Waals surface area contributed by atoms with E-state index in [4.69, 9.17) is 10.9 Å². The summed E-state index contributed by atoms with van der Waals surface area (Å²) in [5.74, 6) is 0. The maximum Gasteiger partial charge on any atom is 0.189 e. The average molecular weight is 177 g/mol. The van der Waals surface area contributed by atoms with Crippen LogP contribution in [0.25, 0.3) is 11.3 Å². The molecular weight excluding hydrogens is 170 g/mol. The van der Waals surface area contributed by atoms with Gasteiger partial charge in [-0.1, -0.05) is 0 Å². The van der Waals surface area contributed by atoms with E-state index in [1.165, 1.54) is 24.7 Å². The lowest BCUT2D eigenvalue weighted by Crippen LogP contribution is -2.10. The van der Waals surface area contributed by atoms with E-state index in [0.717, 1.165) is 4.73 Å². The molecule has 2 aliphatic rings. The molecule has 0 spiro atoms. The van der Waals surface area contributed by atoms with Crippen molar-refractivity contribution in [3.8, 4) is 11.3 Å². The molecule has 3 N–H and O–H groups in total. The predicted octanol–water partition coefficient (Wildman–Crippen LogP) is 0.168. The Morgan fingerprint density at radius 3 is 3.00 bits per heavy atom. The Labute approximate surface area is 73.4 Å². The summed E-state index contributed by atoms with van der Waals surface area (Å²) < 4.78 is 0.725. The normalized spacial score (nSPS) is 10.5. The number of nitrogen functional groups attached to an aromatic ring is 1. The van der Waals surface area contributed by atoms with Gasteiger partial charge in [0.15, 0.2) is 5.43 Å². The first-order valence-electron chi connectivity index (χ1n) is 3.64. The van der Waals surface area contributed by atoms with Crippen LogP contribution in [0.5, 0.6) is 0 Å². The van der Waals surface area contributed by atoms with E-state index >= 15 is 0 Å². The van der Waals surface area contributed by atoms with Crippen molar-refractivity contribution in [3.05, 3.63) is 34.9 Å². The van der Waals surface area contributed by atoms with Gasteiger partial charge in [0.05, 0.1) is 17.4 Å². The molecule has 0 fully saturated rings. The number of nitrogens with two attached hydrogens (primary N) is 1. The molecule has 0 unspecified atom stereocenters. The van der Waals surface area contributed by atoms with Crippen molar-refractivity contribution in [1.29, 1.82) is 0 Å². The highest BCUT2D eigenvalue weighted by atomic mass is 16.5. The van der Waals surface area contributed by atoms with Crippen LogP contribution in [0, 0.1) is 0 Å². The second-order valence-electron chi connectivity index (χ2n) is 2.67. The van der Waals surface area contributed by atoms with Crippen LogP contribution < -0.4 is 11.2 Å². The fraction of sp³-hybridized carbons (Fsp3) is 0. The molecule has 0 atom stereocenters. The van der Waals surface area contributed by atoms with E-state index in [2.05, 4.69) is 4.98 Å². The van der Waals surface area contributed by atoms with Gasteiger partial charge in [0.1, 0.15) is 12.0 Å². The summed E-state index contributed by atoms with van der Waals surface area (Å²) in [5, 5.41) is 9.02. The summed E-state index contributed by atoms with van der Waals surface area (Å²) in [6, 6.07) is 2.85. The number of hydrogen-bond acceptors (Lipinski definition) is 4. The zero-order valence-corrected chi connectivity index (χ0v) is 6.64. The number of aromatic nitrogens is 2. The fourth-order valence-electron chi connectivity index (χ4n) is 1.16. The third-order valence-electron chi connectivity index (χ3n) is 1.77. The molecule has 0 radical (unpaired) electrons. The molecule has 0 bridgehead atoms. The van der Waals surface area contributed by atoms with Gasteiger partial charge in [-0.2, -0.15) is 4.73 Å². The van der Waals surface area contributed by atoms with Crippen molar-refractivity contribution in [2.75, 3.05) is 5.73 Å². The Balaban J connectivity index is 2.91. The van der Waals surface area contributed by atoms with Crippen LogP contribution in [0.4, 0.5) is 5.69 Å². The molecule has 2 rings (SSSR count). The molecule has 5 heteroatoms. The lowest BCUT2D eigenvalue weighted by atomic mass is 10.1. The van der Waals surface area contributed by atoms with Gasteiger partial charge in [0.25, 0.3) is 0 Å². The summed E-state index contributed by atoms with van der Waals surface area (Å²) in [6.07, 6.45) is 2.46. The monoisotopic (exact) mass is 177 g/mol. The molecule has 0 aromatic carbocycles. The average Bonchev–Trinajstić information content (AvgIpc) is 2.12. The number of rotatable bonds is 0. The molecule has 13 heavy (non-hydrogen) atoms. The highest BCUT2D eigenvalue weighted by molar-refractivity contribution is 5.72. The minimum Gasteiger partial charge on any atom is -0.428 e. The number of nitrogens with zero attached hydrogens (tertiary/aromatic N) is 2. The van der Waals surface area contributed by atoms with E-state index in [0.29, 0.717) is 16.9 Å². The van der Waals surface area contributed by atoms with Gasteiger partial charge >= 0.3 is 0 Å². The highest BCUT2D eigenvalue weighted by Crippen LogP contribution is 2.19. The van der Waals surface area contributed by atoms with Gasteiger partial charge in [-0.05, 0) is 12.1 Å². The van der Waals surface area contributed by atoms with Crippen molar-refractivity contribution in [2.45, 2.75) is 0 Å². The van der Waals surface area contributed by atoms with Crippen LogP contribution in [0.1, 0.15) is 0 Å². The van der Waals surface area contributed by atoms with E-state index in [9.17, 15) is 4.79 Å². The minimum atomic E-state index is -0.208. The maximum absolute atomic E-state index is 11.3. The predicted molar refractivity (Wildman–Crippen MR) is 46.7 cm³/mol. The SMILES string of the molecule is Nc1ccc(=O)c2cn(O)cnc1-2. The molecule has 66 valence electrons. The van der Waals surface area contributed by atoms with Crippen molar-refractivity contribution in [2.24, 2.45) is 0 Å². The molecule has 0 amide bonds. The smallest absolute Gasteiger partial charge is 0.189 e. The van der Waals surface area contributed by atoms with Gasteiger partial charge in [-0.15, -0.1) is 0 Å². The van der Waals surface area contributed by atoms with Crippen LogP contribution in [-0.4, -0.2) is 14.9 Å². The number of hydrogen-bond donors (Lipinski definition) is 2. The molecule has 1 heterocycles. The Kier molecular flexibility index (Phi) is 1.45. The lowest BCUT2D eigenvalue weighted by molar-refractivity contribution is 0.181. The van der Waals surface area contributed by atoms with Crippen LogP contribution in [-0.2, 0) is 0 Å². The molecule has 0 aromatic heterocycles. The van der Waals surface area contributed by atoms with Crippen molar-refractivity contribution >= 4 is 5.69 Å². The van der Waals surface area contributed by atoms with E-state index in [1.807, 2.05) is 0 Å². The second-order valence-corrected chi connectivity index (χ2v) is 2.67. The third-order valence-corrected chi connectivity index (χ3v) is 1.77. The van der Waals surface area contributed by atoms with Crippen molar-refractivity contribution < 1.29 is 5.21 Å². The lowest BCUT2D eigenvalue weighted by Gasteiger charge is -2.06. The Hall–Kier alpha value is -2.04. The first kappa shape index (κ1) is 7.60. The number of benzene rings is 1. The zero-order chi connectivity index (χ0) is 9.42. The van der Waals surface area contributed by atoms with Crippen LogP contribution in [0.3, 0.4) is 0 Å². The fourth-order valence-corrected chi connectivity index (χ4v) is 1.16. The third kappa shape index (κ3) is 1.10. The summed E-state index contributed by atoms with van der Waals surface area (Å²) in [7, 11) is 0. The largest absolute Gasteiger partial charge is 0.428 e. The molecule has 1 aliphatic carbocycles. The molecule has 0 saturated carbocycles. The van der Waals surface area contributed by atoms with E-state index < -0.39 is 0 Å². The second kappa shape index (κ2) is 2.48. The Morgan fingerprint density at radius 2 is 2.23 bits per heavy atom. The van der Waals surface area contributed by atoms with Gasteiger partial charge in [0.2, 0.25) is 0 Å². The maximum atomic E-state index is 11.3. The summed E-state index contributed by atoms with van der Waals surface area (Å²) in [5.41, 5.74) is 6.53. The molecule has 0 saturated heterocycles. The summed E-state index contributed by atoms with van der Waals surface area (Å²) in [6.45, 7) is 0. The van der Waals surface area contributed by atoms with Crippen molar-refractivity contribution in [1.82, 2.24) is 9.71 Å². The van der Waals surface area contributed by atoms with Gasteiger partial charge in [-0.25, -0.2) is 4.98 Å². The van der Waals surface area contributed by atoms with Crippen molar-refractivity contribution in [3.63, 3.8) is 0 Å². The van der Waals surface area contributed by atoms with Gasteiger partial charge in [-0.3, -0.25) is 4.79 Å². The Morgan fingerprint density at radius 1 is 1.46 bits per heavy atom. The van der Waals surface area contributed by atoms with Gasteiger partial charge < -0.3 is 10.9 Å². The molecule has 0 aromatic rings. The summed E-state index contributed by atoms with van der Waals surface area (Å²) in [4.78, 5) is 15.1. The molecule has 1 aliphatic heterocycles. The van der Waals surface area contributed by atoms with Crippen LogP contribution >= 0.6 is 0 Å². The quantitative estimate of drug-likeness (QED) is 0.444. The Bertz CT molecular complexity index is 478. The molecular formula is C8H7N3O2. The van der Waals surface area contributed by atoms with Crippen LogP contribution in [0.2, 0.25) is 0 Å². The first-order valence-corrected chi connectivity index (χ1v) is 3.64. The molecule has 5 nitrogen and oxygen atoms in total. The van der Waals surface area contributed by atoms with E-state index in [1.54, 1.807) is 0 Å². The standard InChI is InChI=1S/C8H7N3O2/c9-6-1-2-7(12)5-3-11(13)4-10-8(5)6/h1-4,13H,9H2.